The Bertz CT molecular complexity index is 1830. The van der Waals surface area contributed by atoms with Crippen molar-refractivity contribution in [3.05, 3.63) is 77.1 Å². The van der Waals surface area contributed by atoms with Gasteiger partial charge in [-0.25, -0.2) is 13.2 Å². The lowest BCUT2D eigenvalue weighted by atomic mass is 9.94. The smallest absolute Gasteiger partial charge is 0.314 e. The molecule has 2 saturated carbocycles. The Morgan fingerprint density at radius 3 is 2.41 bits per heavy atom. The average Bonchev–Trinajstić information content (AvgIpc) is 4.11. The van der Waals surface area contributed by atoms with Gasteiger partial charge in [0.15, 0.2) is 0 Å². The highest BCUT2D eigenvalue weighted by atomic mass is 35.5. The molecule has 14 nitrogen and oxygen atoms in total. The Balaban J connectivity index is 1.17. The van der Waals surface area contributed by atoms with E-state index < -0.39 is 53.6 Å². The lowest BCUT2D eigenvalue weighted by Gasteiger charge is -2.27. The fourth-order valence-electron chi connectivity index (χ4n) is 6.28. The van der Waals surface area contributed by atoms with Gasteiger partial charge in [0.05, 0.1) is 23.7 Å². The minimum absolute atomic E-state index is 0.130. The van der Waals surface area contributed by atoms with Crippen LogP contribution in [0.1, 0.15) is 63.5 Å². The minimum atomic E-state index is -3.91. The molecule has 2 amide bonds. The van der Waals surface area contributed by atoms with Crippen molar-refractivity contribution in [3.8, 4) is 16.9 Å². The molecular formula is C38H52ClN5O9S. The van der Waals surface area contributed by atoms with E-state index in [4.69, 9.17) is 21.4 Å². The van der Waals surface area contributed by atoms with Gasteiger partial charge < -0.3 is 46.2 Å². The molecule has 0 unspecified atom stereocenters. The summed E-state index contributed by atoms with van der Waals surface area (Å²) in [6, 6.07) is 13.8. The molecule has 2 aliphatic carbocycles. The molecule has 296 valence electrons. The number of amides is 2. The monoisotopic (exact) mass is 789 g/mol. The number of benzene rings is 2. The molecule has 0 radical (unpaired) electrons. The second kappa shape index (κ2) is 18.5. The number of pyridine rings is 1. The van der Waals surface area contributed by atoms with Crippen LogP contribution in [0.4, 0.5) is 4.79 Å². The number of rotatable bonds is 21. The summed E-state index contributed by atoms with van der Waals surface area (Å²) >= 11 is 6.64. The van der Waals surface area contributed by atoms with Crippen molar-refractivity contribution < 1.29 is 43.5 Å². The fourth-order valence-corrected chi connectivity index (χ4v) is 8.19. The average molecular weight is 790 g/mol. The first-order valence-corrected chi connectivity index (χ1v) is 20.2. The molecule has 2 aromatic carbocycles. The molecule has 0 spiro atoms. The lowest BCUT2D eigenvalue weighted by Crippen LogP contribution is -2.50. The molecule has 3 aromatic rings. The molecular weight excluding hydrogens is 738 g/mol. The third-order valence-electron chi connectivity index (χ3n) is 9.79. The summed E-state index contributed by atoms with van der Waals surface area (Å²) in [4.78, 5) is 16.8. The van der Waals surface area contributed by atoms with Crippen LogP contribution in [0, 0.1) is 0 Å². The summed E-state index contributed by atoms with van der Waals surface area (Å²) in [7, 11) is -3.91. The Labute approximate surface area is 321 Å². The Kier molecular flexibility index (Phi) is 14.3. The molecule has 2 fully saturated rings. The van der Waals surface area contributed by atoms with E-state index in [0.29, 0.717) is 30.0 Å². The number of aliphatic hydroxyl groups is 5. The predicted molar refractivity (Wildman–Crippen MR) is 203 cm³/mol. The highest BCUT2D eigenvalue weighted by Crippen LogP contribution is 2.50. The van der Waals surface area contributed by atoms with E-state index in [2.05, 4.69) is 27.0 Å². The first kappa shape index (κ1) is 41.8. The second-order valence-electron chi connectivity index (χ2n) is 14.3. The third kappa shape index (κ3) is 10.5. The molecule has 0 aliphatic heterocycles. The number of urea groups is 1. The first-order valence-electron chi connectivity index (χ1n) is 18.4. The largest absolute Gasteiger partial charge is 0.490 e. The van der Waals surface area contributed by atoms with E-state index in [1.54, 1.807) is 32.2 Å². The third-order valence-corrected chi connectivity index (χ3v) is 12.2. The molecule has 0 bridgehead atoms. The number of hydrogen-bond acceptors (Lipinski definition) is 11. The van der Waals surface area contributed by atoms with E-state index in [1.807, 2.05) is 30.5 Å². The summed E-state index contributed by atoms with van der Waals surface area (Å²) in [6.07, 6.45) is 1.88. The standard InChI is InChI=1S/C38H52ClN5O9S/c1-24(2)44(18-6-5-16-41-37(50)42-22-32(46)35(48)36(49)33(47)23-45)54(51,52)27-11-12-31(39)25(19-27)20-43-38(14-15-38)30-21-40-17-13-28(30)29-7-3-4-8-34(29)53-26-9-10-26/h3-4,7-8,11-13,17,19,21,24,26,32-33,35-36,43,45-49H,5-6,9-10,14-16,18,20,22-23H2,1-2H3,(H2,41,42,50)/t32-,33+,35+,36+/m0/s1. The highest BCUT2D eigenvalue weighted by molar-refractivity contribution is 7.89. The number of sulfonamides is 1. The van der Waals surface area contributed by atoms with E-state index in [9.17, 15) is 33.6 Å². The van der Waals surface area contributed by atoms with Crippen molar-refractivity contribution in [1.29, 1.82) is 0 Å². The maximum absolute atomic E-state index is 13.9. The van der Waals surface area contributed by atoms with Gasteiger partial charge >= 0.3 is 6.03 Å². The van der Waals surface area contributed by atoms with E-state index in [-0.39, 0.29) is 35.7 Å². The summed E-state index contributed by atoms with van der Waals surface area (Å²) in [5.41, 5.74) is 3.42. The van der Waals surface area contributed by atoms with Crippen molar-refractivity contribution in [1.82, 2.24) is 25.2 Å². The molecule has 5 rings (SSSR count). The van der Waals surface area contributed by atoms with Gasteiger partial charge in [0.1, 0.15) is 24.1 Å². The van der Waals surface area contributed by atoms with Crippen molar-refractivity contribution in [3.63, 3.8) is 0 Å². The van der Waals surface area contributed by atoms with E-state index in [1.165, 1.54) is 10.4 Å². The summed E-state index contributed by atoms with van der Waals surface area (Å²) < 4.78 is 35.5. The fraction of sp³-hybridized carbons (Fsp3) is 0.526. The number of hydrogen-bond donors (Lipinski definition) is 8. The zero-order valence-electron chi connectivity index (χ0n) is 30.6. The molecule has 1 heterocycles. The Hall–Kier alpha value is -3.38. The maximum Gasteiger partial charge on any atom is 0.314 e. The number of nitrogens with zero attached hydrogens (tertiary/aromatic N) is 2. The second-order valence-corrected chi connectivity index (χ2v) is 16.6. The number of aromatic nitrogens is 1. The van der Waals surface area contributed by atoms with Crippen LogP contribution >= 0.6 is 11.6 Å². The summed E-state index contributed by atoms with van der Waals surface area (Å²) in [5.74, 6) is 0.852. The number of ether oxygens (including phenoxy) is 1. The number of aliphatic hydroxyl groups excluding tert-OH is 5. The number of unbranched alkanes of at least 4 members (excludes halogenated alkanes) is 1. The number of nitrogens with one attached hydrogen (secondary N) is 3. The van der Waals surface area contributed by atoms with Crippen molar-refractivity contribution in [2.45, 2.75) is 106 Å². The van der Waals surface area contributed by atoms with Crippen molar-refractivity contribution in [2.24, 2.45) is 0 Å². The zero-order valence-corrected chi connectivity index (χ0v) is 32.1. The Morgan fingerprint density at radius 1 is 1.00 bits per heavy atom. The SMILES string of the molecule is CC(C)N(CCCCNC(=O)NC[C@H](O)[C@@H](O)[C@H](O)[C@H](O)CO)S(=O)(=O)c1ccc(Cl)c(CNC2(c3cnccc3-c3ccccc3OC3CC3)CC2)c1. The van der Waals surface area contributed by atoms with Gasteiger partial charge in [0, 0.05) is 60.7 Å². The van der Waals surface area contributed by atoms with Gasteiger partial charge in [-0.15, -0.1) is 0 Å². The van der Waals surface area contributed by atoms with Gasteiger partial charge in [0.2, 0.25) is 10.0 Å². The normalized spacial score (nSPS) is 17.5. The number of carbonyl (C=O) groups is 1. The quantitative estimate of drug-likeness (QED) is 0.0735. The molecule has 4 atom stereocenters. The van der Waals surface area contributed by atoms with Crippen LogP contribution < -0.4 is 20.7 Å². The van der Waals surface area contributed by atoms with Crippen LogP contribution in [0.3, 0.4) is 0 Å². The Morgan fingerprint density at radius 2 is 1.72 bits per heavy atom. The highest BCUT2D eigenvalue weighted by Gasteiger charge is 2.46. The van der Waals surface area contributed by atoms with Gasteiger partial charge in [-0.1, -0.05) is 29.8 Å². The topological polar surface area (TPSA) is 214 Å². The number of para-hydroxylation sites is 1. The minimum Gasteiger partial charge on any atom is -0.490 e. The van der Waals surface area contributed by atoms with Crippen molar-refractivity contribution in [2.75, 3.05) is 26.2 Å². The van der Waals surface area contributed by atoms with Gasteiger partial charge in [-0.05, 0) is 99.4 Å². The van der Waals surface area contributed by atoms with Crippen LogP contribution in [0.2, 0.25) is 5.02 Å². The lowest BCUT2D eigenvalue weighted by molar-refractivity contribution is -0.113. The van der Waals surface area contributed by atoms with E-state index in [0.717, 1.165) is 48.1 Å². The number of carbonyl (C=O) groups excluding carboxylic acids is 1. The maximum atomic E-state index is 13.9. The van der Waals surface area contributed by atoms with Crippen LogP contribution in [-0.4, -0.2) is 112 Å². The van der Waals surface area contributed by atoms with Gasteiger partial charge in [-0.3, -0.25) is 4.98 Å². The summed E-state index contributed by atoms with van der Waals surface area (Å²) in [6.45, 7) is 3.12. The predicted octanol–water partition coefficient (Wildman–Crippen LogP) is 2.64. The first-order chi connectivity index (χ1) is 25.8. The molecule has 1 aromatic heterocycles. The van der Waals surface area contributed by atoms with Gasteiger partial charge in [-0.2, -0.15) is 4.31 Å². The summed E-state index contributed by atoms with van der Waals surface area (Å²) in [5, 5.41) is 57.0. The van der Waals surface area contributed by atoms with E-state index >= 15 is 0 Å². The number of halogens is 1. The van der Waals surface area contributed by atoms with Crippen LogP contribution in [-0.2, 0) is 22.1 Å². The van der Waals surface area contributed by atoms with Gasteiger partial charge in [0.25, 0.3) is 0 Å². The molecule has 2 aliphatic rings. The van der Waals surface area contributed by atoms with Crippen molar-refractivity contribution >= 4 is 27.7 Å². The van der Waals surface area contributed by atoms with Crippen LogP contribution in [0.15, 0.2) is 65.8 Å². The molecule has 54 heavy (non-hydrogen) atoms. The van der Waals surface area contributed by atoms with Crippen LogP contribution in [0.25, 0.3) is 11.1 Å². The zero-order chi connectivity index (χ0) is 39.0. The molecule has 16 heteroatoms. The molecule has 0 saturated heterocycles. The molecule has 8 N–H and O–H groups in total. The van der Waals surface area contributed by atoms with Crippen LogP contribution in [0.5, 0.6) is 5.75 Å².